The van der Waals surface area contributed by atoms with Gasteiger partial charge in [0.2, 0.25) is 0 Å². The molecule has 1 atom stereocenters. The highest BCUT2D eigenvalue weighted by Crippen LogP contribution is 2.27. The van der Waals surface area contributed by atoms with Crippen LogP contribution in [0, 0.1) is 0 Å². The van der Waals surface area contributed by atoms with E-state index in [0.717, 1.165) is 0 Å². The number of para-hydroxylation sites is 1. The Balaban J connectivity index is 2.18. The van der Waals surface area contributed by atoms with Crippen LogP contribution in [0.4, 0.5) is 0 Å². The number of carboxylic acids is 2. The lowest BCUT2D eigenvalue weighted by molar-refractivity contribution is -0.138. The van der Waals surface area contributed by atoms with Gasteiger partial charge in [0, 0.05) is 5.56 Å². The van der Waals surface area contributed by atoms with E-state index in [1.807, 2.05) is 0 Å². The van der Waals surface area contributed by atoms with Crippen LogP contribution in [0.25, 0.3) is 0 Å². The zero-order valence-corrected chi connectivity index (χ0v) is 12.0. The quantitative estimate of drug-likeness (QED) is 0.855. The highest BCUT2D eigenvalue weighted by Gasteiger charge is 2.13. The van der Waals surface area contributed by atoms with Gasteiger partial charge in [0.1, 0.15) is 11.5 Å². The van der Waals surface area contributed by atoms with Crippen LogP contribution in [-0.2, 0) is 16.0 Å². The summed E-state index contributed by atoms with van der Waals surface area (Å²) in [5.41, 5.74) is 1.26. The molecule has 2 aromatic rings. The molecule has 0 heterocycles. The van der Waals surface area contributed by atoms with E-state index in [9.17, 15) is 9.59 Å². The lowest BCUT2D eigenvalue weighted by atomic mass is 10.0. The minimum atomic E-state index is -0.929. The highest BCUT2D eigenvalue weighted by molar-refractivity contribution is 5.75. The minimum Gasteiger partial charge on any atom is -0.481 e. The van der Waals surface area contributed by atoms with E-state index in [4.69, 9.17) is 14.9 Å². The van der Waals surface area contributed by atoms with Gasteiger partial charge >= 0.3 is 11.9 Å². The van der Waals surface area contributed by atoms with E-state index < -0.39 is 17.9 Å². The topological polar surface area (TPSA) is 83.8 Å². The van der Waals surface area contributed by atoms with Crippen molar-refractivity contribution < 1.29 is 24.5 Å². The minimum absolute atomic E-state index is 0.121. The molecule has 0 saturated carbocycles. The van der Waals surface area contributed by atoms with Gasteiger partial charge < -0.3 is 14.9 Å². The van der Waals surface area contributed by atoms with Gasteiger partial charge in [0.15, 0.2) is 0 Å². The number of hydrogen-bond donors (Lipinski definition) is 2. The summed E-state index contributed by atoms with van der Waals surface area (Å²) in [4.78, 5) is 21.8. The van der Waals surface area contributed by atoms with Crippen LogP contribution in [-0.4, -0.2) is 22.2 Å². The van der Waals surface area contributed by atoms with Crippen molar-refractivity contribution in [3.8, 4) is 11.5 Å². The van der Waals surface area contributed by atoms with Gasteiger partial charge in [-0.2, -0.15) is 0 Å². The number of ether oxygens (including phenoxy) is 1. The molecule has 0 aliphatic carbocycles. The Kier molecular flexibility index (Phi) is 4.78. The molecule has 0 aliphatic heterocycles. The molecule has 0 fully saturated rings. The average molecular weight is 300 g/mol. The standard InChI is InChI=1S/C17H16O5/c1-11(17(20)21)12-6-8-14(9-7-12)22-15-5-3-2-4-13(15)10-16(18)19/h2-9,11H,10H2,1H3,(H,18,19)(H,20,21). The van der Waals surface area contributed by atoms with E-state index in [0.29, 0.717) is 22.6 Å². The summed E-state index contributed by atoms with van der Waals surface area (Å²) in [6.07, 6.45) is -0.121. The summed E-state index contributed by atoms with van der Waals surface area (Å²) in [5.74, 6) is -1.40. The Morgan fingerprint density at radius 2 is 1.68 bits per heavy atom. The lowest BCUT2D eigenvalue weighted by Gasteiger charge is -2.11. The number of carbonyl (C=O) groups is 2. The molecule has 2 rings (SSSR count). The van der Waals surface area contributed by atoms with Gasteiger partial charge in [-0.05, 0) is 30.7 Å². The van der Waals surface area contributed by atoms with Gasteiger partial charge in [-0.1, -0.05) is 30.3 Å². The van der Waals surface area contributed by atoms with Crippen molar-refractivity contribution >= 4 is 11.9 Å². The molecule has 0 spiro atoms. The predicted molar refractivity (Wildman–Crippen MR) is 80.3 cm³/mol. The first-order valence-corrected chi connectivity index (χ1v) is 6.77. The summed E-state index contributed by atoms with van der Waals surface area (Å²) in [6.45, 7) is 1.61. The van der Waals surface area contributed by atoms with E-state index >= 15 is 0 Å². The number of rotatable bonds is 6. The molecule has 0 amide bonds. The highest BCUT2D eigenvalue weighted by atomic mass is 16.5. The summed E-state index contributed by atoms with van der Waals surface area (Å²) in [7, 11) is 0. The van der Waals surface area contributed by atoms with E-state index in [2.05, 4.69) is 0 Å². The fourth-order valence-electron chi connectivity index (χ4n) is 2.01. The van der Waals surface area contributed by atoms with Crippen LogP contribution in [0.15, 0.2) is 48.5 Å². The molecule has 0 radical (unpaired) electrons. The van der Waals surface area contributed by atoms with Crippen molar-refractivity contribution in [2.45, 2.75) is 19.3 Å². The second-order valence-electron chi connectivity index (χ2n) is 4.91. The molecule has 114 valence electrons. The fourth-order valence-corrected chi connectivity index (χ4v) is 2.01. The molecule has 22 heavy (non-hydrogen) atoms. The van der Waals surface area contributed by atoms with E-state index in [-0.39, 0.29) is 6.42 Å². The van der Waals surface area contributed by atoms with Gasteiger partial charge in [0.25, 0.3) is 0 Å². The smallest absolute Gasteiger partial charge is 0.310 e. The zero-order chi connectivity index (χ0) is 16.1. The molecule has 2 aromatic carbocycles. The van der Waals surface area contributed by atoms with Crippen molar-refractivity contribution in [2.24, 2.45) is 0 Å². The van der Waals surface area contributed by atoms with Gasteiger partial charge in [-0.25, -0.2) is 0 Å². The maximum Gasteiger partial charge on any atom is 0.310 e. The SMILES string of the molecule is CC(C(=O)O)c1ccc(Oc2ccccc2CC(=O)O)cc1. The first kappa shape index (κ1) is 15.6. The van der Waals surface area contributed by atoms with Crippen molar-refractivity contribution in [1.82, 2.24) is 0 Å². The average Bonchev–Trinajstić information content (AvgIpc) is 2.48. The lowest BCUT2D eigenvalue weighted by Crippen LogP contribution is -2.07. The normalized spacial score (nSPS) is 11.7. The van der Waals surface area contributed by atoms with Crippen LogP contribution in [0.3, 0.4) is 0 Å². The zero-order valence-electron chi connectivity index (χ0n) is 12.0. The number of carboxylic acid groups (broad SMARTS) is 2. The maximum absolute atomic E-state index is 10.9. The molecular weight excluding hydrogens is 284 g/mol. The van der Waals surface area contributed by atoms with Crippen molar-refractivity contribution in [1.29, 1.82) is 0 Å². The molecule has 0 aromatic heterocycles. The summed E-state index contributed by atoms with van der Waals surface area (Å²) in [6, 6.07) is 13.6. The van der Waals surface area contributed by atoms with Crippen LogP contribution in [0.2, 0.25) is 0 Å². The number of aliphatic carboxylic acids is 2. The second kappa shape index (κ2) is 6.76. The summed E-state index contributed by atoms with van der Waals surface area (Å²) in [5, 5.41) is 17.9. The van der Waals surface area contributed by atoms with E-state index in [1.165, 1.54) is 0 Å². The van der Waals surface area contributed by atoms with Crippen LogP contribution in [0.1, 0.15) is 24.0 Å². The molecule has 2 N–H and O–H groups in total. The molecule has 0 bridgehead atoms. The Labute approximate surface area is 127 Å². The number of hydrogen-bond acceptors (Lipinski definition) is 3. The Morgan fingerprint density at radius 1 is 1.05 bits per heavy atom. The Morgan fingerprint density at radius 3 is 2.27 bits per heavy atom. The Hall–Kier alpha value is -2.82. The van der Waals surface area contributed by atoms with E-state index in [1.54, 1.807) is 55.5 Å². The second-order valence-corrected chi connectivity index (χ2v) is 4.91. The monoisotopic (exact) mass is 300 g/mol. The summed E-state index contributed by atoms with van der Waals surface area (Å²) >= 11 is 0. The largest absolute Gasteiger partial charge is 0.481 e. The van der Waals surface area contributed by atoms with Gasteiger partial charge in [-0.3, -0.25) is 9.59 Å². The third-order valence-electron chi connectivity index (χ3n) is 3.29. The van der Waals surface area contributed by atoms with Crippen LogP contribution >= 0.6 is 0 Å². The van der Waals surface area contributed by atoms with Crippen LogP contribution < -0.4 is 4.74 Å². The molecule has 5 nitrogen and oxygen atoms in total. The van der Waals surface area contributed by atoms with Crippen LogP contribution in [0.5, 0.6) is 11.5 Å². The molecule has 0 aliphatic rings. The predicted octanol–water partition coefficient (Wildman–Crippen LogP) is 3.29. The third kappa shape index (κ3) is 3.85. The molecular formula is C17H16O5. The van der Waals surface area contributed by atoms with Gasteiger partial charge in [-0.15, -0.1) is 0 Å². The Bertz CT molecular complexity index is 676. The molecule has 5 heteroatoms. The first-order chi connectivity index (χ1) is 10.5. The summed E-state index contributed by atoms with van der Waals surface area (Å²) < 4.78 is 5.69. The molecule has 0 saturated heterocycles. The fraction of sp³-hybridized carbons (Fsp3) is 0.176. The van der Waals surface area contributed by atoms with Crippen molar-refractivity contribution in [3.05, 3.63) is 59.7 Å². The third-order valence-corrected chi connectivity index (χ3v) is 3.29. The molecule has 1 unspecified atom stereocenters. The number of benzene rings is 2. The first-order valence-electron chi connectivity index (χ1n) is 6.77. The van der Waals surface area contributed by atoms with Gasteiger partial charge in [0.05, 0.1) is 12.3 Å². The maximum atomic E-state index is 10.9. The van der Waals surface area contributed by atoms with Crippen molar-refractivity contribution in [2.75, 3.05) is 0 Å². The van der Waals surface area contributed by atoms with Crippen molar-refractivity contribution in [3.63, 3.8) is 0 Å².